The van der Waals surface area contributed by atoms with Crippen molar-refractivity contribution >= 4 is 35.2 Å². The topological polar surface area (TPSA) is 71.1 Å². The van der Waals surface area contributed by atoms with Gasteiger partial charge in [-0.25, -0.2) is 4.39 Å². The Morgan fingerprint density at radius 1 is 1.16 bits per heavy atom. The molecule has 2 bridgehead atoms. The lowest BCUT2D eigenvalue weighted by molar-refractivity contribution is -0.274. The van der Waals surface area contributed by atoms with E-state index in [4.69, 9.17) is 16.3 Å². The van der Waals surface area contributed by atoms with Crippen molar-refractivity contribution in [1.29, 1.82) is 0 Å². The lowest BCUT2D eigenvalue weighted by atomic mass is 10.0. The van der Waals surface area contributed by atoms with Gasteiger partial charge in [0.05, 0.1) is 30.3 Å². The summed E-state index contributed by atoms with van der Waals surface area (Å²) in [5, 5.41) is 2.14. The molecule has 0 spiro atoms. The molecule has 2 aliphatic rings. The molecular weight excluding hydrogens is 518 g/mol. The second-order valence-corrected chi connectivity index (χ2v) is 9.25. The Morgan fingerprint density at radius 3 is 2.41 bits per heavy atom. The van der Waals surface area contributed by atoms with Crippen molar-refractivity contribution in [3.05, 3.63) is 64.4 Å². The molecule has 2 aliphatic heterocycles. The highest BCUT2D eigenvalue weighted by atomic mass is 35.5. The SMILES string of the molecule is CC(=O)Nc1cc(Cl)c(OC(F)(F)F)cc1/C=C/C(=O)N1C2COCC1CN(Cc1ccc(F)cc1)C2. The fourth-order valence-corrected chi connectivity index (χ4v) is 4.75. The van der Waals surface area contributed by atoms with Gasteiger partial charge in [0.2, 0.25) is 11.8 Å². The second-order valence-electron chi connectivity index (χ2n) is 8.84. The van der Waals surface area contributed by atoms with Crippen LogP contribution in [0.25, 0.3) is 6.08 Å². The predicted molar refractivity (Wildman–Crippen MR) is 128 cm³/mol. The molecule has 2 fully saturated rings. The first-order valence-electron chi connectivity index (χ1n) is 11.4. The maximum absolute atomic E-state index is 13.2. The van der Waals surface area contributed by atoms with Gasteiger partial charge in [-0.1, -0.05) is 23.7 Å². The van der Waals surface area contributed by atoms with E-state index in [0.717, 1.165) is 17.7 Å². The molecule has 0 saturated carbocycles. The van der Waals surface area contributed by atoms with E-state index in [1.165, 1.54) is 31.2 Å². The van der Waals surface area contributed by atoms with Crippen molar-refractivity contribution in [1.82, 2.24) is 9.80 Å². The van der Waals surface area contributed by atoms with Gasteiger partial charge >= 0.3 is 6.36 Å². The van der Waals surface area contributed by atoms with Gasteiger partial charge < -0.3 is 19.7 Å². The number of fused-ring (bicyclic) bond motifs is 2. The molecule has 2 atom stereocenters. The number of nitrogens with zero attached hydrogens (tertiary/aromatic N) is 2. The largest absolute Gasteiger partial charge is 0.573 e. The van der Waals surface area contributed by atoms with E-state index >= 15 is 0 Å². The van der Waals surface area contributed by atoms with Gasteiger partial charge in [-0.3, -0.25) is 14.5 Å². The average molecular weight is 542 g/mol. The van der Waals surface area contributed by atoms with Gasteiger partial charge in [-0.05, 0) is 35.9 Å². The number of nitrogens with one attached hydrogen (secondary N) is 1. The summed E-state index contributed by atoms with van der Waals surface area (Å²) >= 11 is 5.91. The Balaban J connectivity index is 1.51. The third-order valence-electron chi connectivity index (χ3n) is 5.96. The summed E-state index contributed by atoms with van der Waals surface area (Å²) < 4.78 is 61.2. The molecular formula is C25H24ClF4N3O4. The minimum absolute atomic E-state index is 0.114. The molecule has 2 saturated heterocycles. The zero-order valence-corrected chi connectivity index (χ0v) is 20.5. The number of hydrogen-bond donors (Lipinski definition) is 1. The standard InChI is InChI=1S/C25H24ClF4N3O4/c1-15(34)31-22-9-21(26)23(37-25(28,29)30)8-17(22)4-7-24(35)33-19-11-32(12-20(33)14-36-13-19)10-16-2-5-18(27)6-3-16/h2-9,19-20H,10-14H2,1H3,(H,31,34)/b7-4+. The van der Waals surface area contributed by atoms with E-state index in [1.807, 2.05) is 0 Å². The summed E-state index contributed by atoms with van der Waals surface area (Å²) in [5.41, 5.74) is 1.19. The van der Waals surface area contributed by atoms with Crippen molar-refractivity contribution < 1.29 is 36.6 Å². The van der Waals surface area contributed by atoms with Gasteiger partial charge in [0.1, 0.15) is 11.6 Å². The number of morpholine rings is 1. The number of carbonyl (C=O) groups excluding carboxylic acids is 2. The summed E-state index contributed by atoms with van der Waals surface area (Å²) in [4.78, 5) is 28.7. The summed E-state index contributed by atoms with van der Waals surface area (Å²) in [7, 11) is 0. The number of benzene rings is 2. The van der Waals surface area contributed by atoms with Crippen molar-refractivity contribution in [3.63, 3.8) is 0 Å². The first-order valence-corrected chi connectivity index (χ1v) is 11.8. The Morgan fingerprint density at radius 2 is 1.81 bits per heavy atom. The smallest absolute Gasteiger partial charge is 0.404 e. The zero-order chi connectivity index (χ0) is 26.7. The van der Waals surface area contributed by atoms with Crippen LogP contribution in [0.1, 0.15) is 18.1 Å². The van der Waals surface area contributed by atoms with Crippen LogP contribution in [0.4, 0.5) is 23.2 Å². The molecule has 0 aromatic heterocycles. The number of anilines is 1. The number of carbonyl (C=O) groups is 2. The number of hydrogen-bond acceptors (Lipinski definition) is 5. The van der Waals surface area contributed by atoms with Crippen LogP contribution in [0.3, 0.4) is 0 Å². The predicted octanol–water partition coefficient (Wildman–Crippen LogP) is 4.46. The third-order valence-corrected chi connectivity index (χ3v) is 6.26. The van der Waals surface area contributed by atoms with Gasteiger partial charge in [0.15, 0.2) is 0 Å². The Hall–Kier alpha value is -3.15. The fourth-order valence-electron chi connectivity index (χ4n) is 4.54. The van der Waals surface area contributed by atoms with Crippen LogP contribution in [0.5, 0.6) is 5.75 Å². The normalized spacial score (nSPS) is 20.2. The van der Waals surface area contributed by atoms with E-state index < -0.39 is 18.0 Å². The van der Waals surface area contributed by atoms with Crippen molar-refractivity contribution in [2.24, 2.45) is 0 Å². The molecule has 2 aromatic carbocycles. The van der Waals surface area contributed by atoms with E-state index in [-0.39, 0.29) is 40.1 Å². The van der Waals surface area contributed by atoms with E-state index in [2.05, 4.69) is 15.0 Å². The van der Waals surface area contributed by atoms with Gasteiger partial charge in [-0.15, -0.1) is 13.2 Å². The minimum Gasteiger partial charge on any atom is -0.404 e. The molecule has 198 valence electrons. The number of alkyl halides is 3. The lowest BCUT2D eigenvalue weighted by Gasteiger charge is -2.49. The number of amides is 2. The zero-order valence-electron chi connectivity index (χ0n) is 19.7. The van der Waals surface area contributed by atoms with Crippen LogP contribution in [-0.4, -0.2) is 66.4 Å². The van der Waals surface area contributed by atoms with Crippen LogP contribution in [0.2, 0.25) is 5.02 Å². The molecule has 12 heteroatoms. The molecule has 2 heterocycles. The Labute approximate surface area is 215 Å². The molecule has 0 aliphatic carbocycles. The van der Waals surface area contributed by atoms with Crippen LogP contribution in [-0.2, 0) is 20.9 Å². The van der Waals surface area contributed by atoms with E-state index in [9.17, 15) is 27.2 Å². The summed E-state index contributed by atoms with van der Waals surface area (Å²) in [5.74, 6) is -1.78. The molecule has 0 radical (unpaired) electrons. The van der Waals surface area contributed by atoms with Crippen LogP contribution in [0, 0.1) is 5.82 Å². The Kier molecular flexibility index (Phi) is 8.05. The number of piperazine rings is 1. The number of halogens is 5. The van der Waals surface area contributed by atoms with Gasteiger partial charge in [0.25, 0.3) is 0 Å². The number of rotatable bonds is 6. The first kappa shape index (κ1) is 26.9. The van der Waals surface area contributed by atoms with Crippen molar-refractivity contribution in [2.75, 3.05) is 31.6 Å². The number of ether oxygens (including phenoxy) is 2. The van der Waals surface area contributed by atoms with E-state index in [0.29, 0.717) is 32.8 Å². The molecule has 4 rings (SSSR count). The fraction of sp³-hybridized carbons (Fsp3) is 0.360. The Bertz CT molecular complexity index is 1180. The average Bonchev–Trinajstić information content (AvgIpc) is 2.79. The van der Waals surface area contributed by atoms with E-state index in [1.54, 1.807) is 17.0 Å². The molecule has 1 N–H and O–H groups in total. The molecule has 2 unspecified atom stereocenters. The molecule has 2 amide bonds. The lowest BCUT2D eigenvalue weighted by Crippen LogP contribution is -2.65. The minimum atomic E-state index is -4.97. The van der Waals surface area contributed by atoms with Crippen LogP contribution >= 0.6 is 11.6 Å². The van der Waals surface area contributed by atoms with Crippen LogP contribution < -0.4 is 10.1 Å². The maximum Gasteiger partial charge on any atom is 0.573 e. The highest BCUT2D eigenvalue weighted by molar-refractivity contribution is 6.32. The molecule has 7 nitrogen and oxygen atoms in total. The monoisotopic (exact) mass is 541 g/mol. The first-order chi connectivity index (χ1) is 17.5. The summed E-state index contributed by atoms with van der Waals surface area (Å²) in [6.07, 6.45) is -2.41. The quantitative estimate of drug-likeness (QED) is 0.432. The maximum atomic E-state index is 13.2. The van der Waals surface area contributed by atoms with Gasteiger partial charge in [0, 0.05) is 43.9 Å². The van der Waals surface area contributed by atoms with Crippen LogP contribution in [0.15, 0.2) is 42.5 Å². The highest BCUT2D eigenvalue weighted by Gasteiger charge is 2.40. The van der Waals surface area contributed by atoms with Gasteiger partial charge in [-0.2, -0.15) is 0 Å². The third kappa shape index (κ3) is 7.00. The second kappa shape index (κ2) is 11.1. The van der Waals surface area contributed by atoms with Crippen molar-refractivity contribution in [2.45, 2.75) is 31.9 Å². The van der Waals surface area contributed by atoms with Crippen molar-refractivity contribution in [3.8, 4) is 5.75 Å². The summed E-state index contributed by atoms with van der Waals surface area (Å²) in [6, 6.07) is 7.90. The highest BCUT2D eigenvalue weighted by Crippen LogP contribution is 2.35. The summed E-state index contributed by atoms with van der Waals surface area (Å²) in [6.45, 7) is 3.57. The molecule has 37 heavy (non-hydrogen) atoms. The molecule has 2 aromatic rings.